The molecule has 1 saturated heterocycles. The van der Waals surface area contributed by atoms with Gasteiger partial charge < -0.3 is 14.7 Å². The normalized spacial score (nSPS) is 29.9. The van der Waals surface area contributed by atoms with Crippen LogP contribution in [0.15, 0.2) is 0 Å². The second-order valence-corrected chi connectivity index (χ2v) is 9.01. The highest BCUT2D eigenvalue weighted by Gasteiger charge is 2.53. The second-order valence-electron chi connectivity index (χ2n) is 6.75. The molecule has 0 spiro atoms. The van der Waals surface area contributed by atoms with Crippen molar-refractivity contribution in [1.82, 2.24) is 4.90 Å². The Labute approximate surface area is 116 Å². The quantitative estimate of drug-likeness (QED) is 0.801. The van der Waals surface area contributed by atoms with E-state index in [9.17, 15) is 13.5 Å². The maximum absolute atomic E-state index is 11.2. The van der Waals surface area contributed by atoms with E-state index in [0.29, 0.717) is 13.1 Å². The summed E-state index contributed by atoms with van der Waals surface area (Å²) in [6.07, 6.45) is 0.685. The molecule has 2 unspecified atom stereocenters. The summed E-state index contributed by atoms with van der Waals surface area (Å²) in [5.41, 5.74) is -0.978. The smallest absolute Gasteiger partial charge is 0.148 e. The fourth-order valence-corrected chi connectivity index (χ4v) is 3.39. The van der Waals surface area contributed by atoms with E-state index < -0.39 is 27.1 Å². The maximum Gasteiger partial charge on any atom is 0.148 e. The first-order valence-electron chi connectivity index (χ1n) is 6.60. The van der Waals surface area contributed by atoms with Gasteiger partial charge in [0.25, 0.3) is 0 Å². The van der Waals surface area contributed by atoms with Gasteiger partial charge in [0, 0.05) is 25.3 Å². The van der Waals surface area contributed by atoms with Gasteiger partial charge in [-0.2, -0.15) is 0 Å². The van der Waals surface area contributed by atoms with Gasteiger partial charge in [-0.15, -0.1) is 0 Å². The average molecular weight is 293 g/mol. The lowest BCUT2D eigenvalue weighted by atomic mass is 9.84. The molecule has 1 aliphatic rings. The van der Waals surface area contributed by atoms with Crippen molar-refractivity contribution in [3.05, 3.63) is 0 Å². The Morgan fingerprint density at radius 2 is 1.74 bits per heavy atom. The summed E-state index contributed by atoms with van der Waals surface area (Å²) >= 11 is 0. The summed E-state index contributed by atoms with van der Waals surface area (Å²) in [5, 5.41) is 10.4. The van der Waals surface area contributed by atoms with Crippen LogP contribution in [0.1, 0.15) is 27.7 Å². The molecule has 19 heavy (non-hydrogen) atoms. The van der Waals surface area contributed by atoms with Gasteiger partial charge in [0.15, 0.2) is 0 Å². The highest BCUT2D eigenvalue weighted by molar-refractivity contribution is 7.90. The number of hydrogen-bond acceptors (Lipinski definition) is 5. The van der Waals surface area contributed by atoms with E-state index in [1.54, 1.807) is 0 Å². The molecule has 0 aromatic carbocycles. The Kier molecular flexibility index (Phi) is 4.72. The molecule has 0 aromatic heterocycles. The van der Waals surface area contributed by atoms with Crippen LogP contribution >= 0.6 is 0 Å². The maximum atomic E-state index is 11.2. The van der Waals surface area contributed by atoms with Crippen LogP contribution < -0.4 is 0 Å². The van der Waals surface area contributed by atoms with Gasteiger partial charge in [-0.05, 0) is 34.7 Å². The first-order valence-corrected chi connectivity index (χ1v) is 8.66. The van der Waals surface area contributed by atoms with Crippen molar-refractivity contribution < 1.29 is 18.3 Å². The summed E-state index contributed by atoms with van der Waals surface area (Å²) in [5.74, 6) is 0.101. The van der Waals surface area contributed by atoms with E-state index >= 15 is 0 Å². The molecule has 0 aromatic rings. The van der Waals surface area contributed by atoms with E-state index in [2.05, 4.69) is 0 Å². The van der Waals surface area contributed by atoms with Gasteiger partial charge in [-0.3, -0.25) is 0 Å². The van der Waals surface area contributed by atoms with Gasteiger partial charge in [-0.1, -0.05) is 0 Å². The van der Waals surface area contributed by atoms with E-state index in [4.69, 9.17) is 4.74 Å². The van der Waals surface area contributed by atoms with Crippen LogP contribution in [-0.4, -0.2) is 67.9 Å². The molecule has 1 N–H and O–H groups in total. The van der Waals surface area contributed by atoms with Crippen LogP contribution in [-0.2, 0) is 14.6 Å². The average Bonchev–Trinajstić information content (AvgIpc) is 2.33. The molecular formula is C13H27NO4S. The highest BCUT2D eigenvalue weighted by Crippen LogP contribution is 2.42. The first-order chi connectivity index (χ1) is 8.35. The fourth-order valence-electron chi connectivity index (χ4n) is 2.75. The van der Waals surface area contributed by atoms with Crippen LogP contribution in [0.3, 0.4) is 0 Å². The van der Waals surface area contributed by atoms with Crippen molar-refractivity contribution in [3.8, 4) is 0 Å². The molecule has 0 radical (unpaired) electrons. The predicted octanol–water partition coefficient (Wildman–Crippen LogP) is 0.527. The summed E-state index contributed by atoms with van der Waals surface area (Å²) < 4.78 is 28.2. The molecule has 114 valence electrons. The Bertz CT molecular complexity index is 416. The number of aliphatic hydroxyl groups excluding tert-OH is 1. The van der Waals surface area contributed by atoms with Gasteiger partial charge in [0.1, 0.15) is 9.84 Å². The van der Waals surface area contributed by atoms with Crippen LogP contribution in [0.5, 0.6) is 0 Å². The molecule has 0 amide bonds. The van der Waals surface area contributed by atoms with E-state index in [1.165, 1.54) is 6.26 Å². The lowest BCUT2D eigenvalue weighted by Gasteiger charge is -2.30. The zero-order valence-corrected chi connectivity index (χ0v) is 13.6. The number of aliphatic hydroxyl groups is 1. The number of ether oxygens (including phenoxy) is 1. The minimum atomic E-state index is -2.95. The molecule has 1 heterocycles. The molecule has 1 aliphatic heterocycles. The van der Waals surface area contributed by atoms with Gasteiger partial charge >= 0.3 is 0 Å². The van der Waals surface area contributed by atoms with E-state index in [0.717, 1.165) is 0 Å². The van der Waals surface area contributed by atoms with Crippen molar-refractivity contribution in [3.63, 3.8) is 0 Å². The molecule has 0 aliphatic carbocycles. The minimum absolute atomic E-state index is 0.0351. The van der Waals surface area contributed by atoms with Crippen LogP contribution in [0, 0.1) is 5.92 Å². The minimum Gasteiger partial charge on any atom is -0.390 e. The summed E-state index contributed by atoms with van der Waals surface area (Å²) in [4.78, 5) is 1.95. The van der Waals surface area contributed by atoms with Crippen molar-refractivity contribution in [1.29, 1.82) is 0 Å². The summed E-state index contributed by atoms with van der Waals surface area (Å²) in [6, 6.07) is 0. The molecule has 1 fully saturated rings. The standard InChI is InChI=1S/C13H27NO4S/c1-12(2)10(11(15)13(3,4)18-12)9-14(5)7-8-19(6,16)17/h10-11,15H,7-9H2,1-6H3. The van der Waals surface area contributed by atoms with Gasteiger partial charge in [-0.25, -0.2) is 8.42 Å². The fraction of sp³-hybridized carbons (Fsp3) is 1.00. The van der Waals surface area contributed by atoms with E-state index in [-0.39, 0.29) is 11.7 Å². The van der Waals surface area contributed by atoms with Crippen molar-refractivity contribution in [2.45, 2.75) is 45.0 Å². The third-order valence-corrected chi connectivity index (χ3v) is 4.79. The van der Waals surface area contributed by atoms with Crippen LogP contribution in [0.4, 0.5) is 0 Å². The molecular weight excluding hydrogens is 266 g/mol. The lowest BCUT2D eigenvalue weighted by molar-refractivity contribution is -0.0912. The zero-order valence-electron chi connectivity index (χ0n) is 12.8. The highest BCUT2D eigenvalue weighted by atomic mass is 32.2. The molecule has 0 bridgehead atoms. The van der Waals surface area contributed by atoms with Crippen molar-refractivity contribution >= 4 is 9.84 Å². The zero-order chi connectivity index (χ0) is 15.1. The first kappa shape index (κ1) is 16.9. The Balaban J connectivity index is 2.65. The monoisotopic (exact) mass is 293 g/mol. The van der Waals surface area contributed by atoms with Crippen molar-refractivity contribution in [2.24, 2.45) is 5.92 Å². The van der Waals surface area contributed by atoms with Gasteiger partial charge in [0.05, 0.1) is 23.1 Å². The summed E-state index contributed by atoms with van der Waals surface area (Å²) in [7, 11) is -1.08. The van der Waals surface area contributed by atoms with E-state index in [1.807, 2.05) is 39.6 Å². The lowest BCUT2D eigenvalue weighted by Crippen LogP contribution is -2.43. The Morgan fingerprint density at radius 1 is 1.21 bits per heavy atom. The molecule has 0 saturated carbocycles. The third kappa shape index (κ3) is 4.41. The van der Waals surface area contributed by atoms with Crippen LogP contribution in [0.25, 0.3) is 0 Å². The van der Waals surface area contributed by atoms with Gasteiger partial charge in [0.2, 0.25) is 0 Å². The Hall–Kier alpha value is -0.170. The molecule has 5 nitrogen and oxygen atoms in total. The van der Waals surface area contributed by atoms with Crippen molar-refractivity contribution in [2.75, 3.05) is 32.1 Å². The number of nitrogens with zero attached hydrogens (tertiary/aromatic N) is 1. The molecule has 2 atom stereocenters. The van der Waals surface area contributed by atoms with Crippen LogP contribution in [0.2, 0.25) is 0 Å². The number of rotatable bonds is 5. The summed E-state index contributed by atoms with van der Waals surface area (Å²) in [6.45, 7) is 8.80. The second kappa shape index (κ2) is 5.31. The Morgan fingerprint density at radius 3 is 2.11 bits per heavy atom. The molecule has 6 heteroatoms. The molecule has 1 rings (SSSR count). The number of hydrogen-bond donors (Lipinski definition) is 1. The number of sulfone groups is 1. The predicted molar refractivity (Wildman–Crippen MR) is 75.9 cm³/mol. The SMILES string of the molecule is CN(CCS(C)(=O)=O)CC1C(O)C(C)(C)OC1(C)C. The third-order valence-electron chi connectivity index (χ3n) is 3.86. The topological polar surface area (TPSA) is 66.8 Å². The largest absolute Gasteiger partial charge is 0.390 e.